The molecule has 0 aromatic carbocycles. The van der Waals surface area contributed by atoms with Crippen molar-refractivity contribution in [2.45, 2.75) is 31.7 Å². The summed E-state index contributed by atoms with van der Waals surface area (Å²) in [7, 11) is 0. The second-order valence-electron chi connectivity index (χ2n) is 4.63. The topological polar surface area (TPSA) is 67.3 Å². The van der Waals surface area contributed by atoms with Crippen LogP contribution in [0.5, 0.6) is 0 Å². The molecular formula is C12H16N4O2. The first-order chi connectivity index (χ1) is 8.83. The van der Waals surface area contributed by atoms with E-state index in [1.165, 1.54) is 30.6 Å². The Labute approximate surface area is 105 Å². The zero-order valence-electron chi connectivity index (χ0n) is 10.1. The van der Waals surface area contributed by atoms with E-state index in [2.05, 4.69) is 15.3 Å². The van der Waals surface area contributed by atoms with E-state index < -0.39 is 0 Å². The van der Waals surface area contributed by atoms with Gasteiger partial charge in [-0.25, -0.2) is 9.78 Å². The molecule has 0 bridgehead atoms. The fourth-order valence-electron chi connectivity index (χ4n) is 2.42. The molecule has 0 radical (unpaired) electrons. The average Bonchev–Trinajstić information content (AvgIpc) is 3.01. The molecule has 0 spiro atoms. The fourth-order valence-corrected chi connectivity index (χ4v) is 2.42. The largest absolute Gasteiger partial charge is 0.447 e. The second kappa shape index (κ2) is 4.80. The lowest BCUT2D eigenvalue weighted by Gasteiger charge is -2.15. The van der Waals surface area contributed by atoms with Crippen molar-refractivity contribution in [3.05, 3.63) is 12.3 Å². The number of aromatic nitrogens is 2. The summed E-state index contributed by atoms with van der Waals surface area (Å²) in [6, 6.07) is 2.19. The smallest absolute Gasteiger partial charge is 0.415 e. The average molecular weight is 248 g/mol. The standard InChI is InChI=1S/C12H16N4O2/c17-12-16(7-8-18-12)10-5-6-13-11(15-10)14-9-3-1-2-4-9/h5-6,9H,1-4,7-8H2,(H,13,14,15). The van der Waals surface area contributed by atoms with E-state index in [0.29, 0.717) is 31.0 Å². The fraction of sp³-hybridized carbons (Fsp3) is 0.583. The lowest BCUT2D eigenvalue weighted by Crippen LogP contribution is -2.25. The van der Waals surface area contributed by atoms with Crippen molar-refractivity contribution in [3.63, 3.8) is 0 Å². The SMILES string of the molecule is O=C1OCCN1c1ccnc(NC2CCCC2)n1. The Bertz CT molecular complexity index is 445. The maximum absolute atomic E-state index is 11.5. The van der Waals surface area contributed by atoms with Crippen molar-refractivity contribution in [2.75, 3.05) is 23.4 Å². The van der Waals surface area contributed by atoms with Crippen molar-refractivity contribution in [2.24, 2.45) is 0 Å². The second-order valence-corrected chi connectivity index (χ2v) is 4.63. The quantitative estimate of drug-likeness (QED) is 0.883. The van der Waals surface area contributed by atoms with Gasteiger partial charge in [-0.2, -0.15) is 4.98 Å². The summed E-state index contributed by atoms with van der Waals surface area (Å²) in [5.41, 5.74) is 0. The molecule has 3 rings (SSSR count). The molecule has 0 atom stereocenters. The first-order valence-electron chi connectivity index (χ1n) is 6.37. The third-order valence-corrected chi connectivity index (χ3v) is 3.37. The van der Waals surface area contributed by atoms with E-state index in [0.717, 1.165) is 0 Å². The van der Waals surface area contributed by atoms with E-state index in [1.807, 2.05) is 0 Å². The van der Waals surface area contributed by atoms with Crippen LogP contribution in [0.15, 0.2) is 12.3 Å². The van der Waals surface area contributed by atoms with Gasteiger partial charge in [0.25, 0.3) is 0 Å². The molecule has 96 valence electrons. The molecule has 2 heterocycles. The number of rotatable bonds is 3. The van der Waals surface area contributed by atoms with Gasteiger partial charge in [0.05, 0.1) is 6.54 Å². The predicted molar refractivity (Wildman–Crippen MR) is 66.6 cm³/mol. The van der Waals surface area contributed by atoms with Crippen LogP contribution < -0.4 is 10.2 Å². The Balaban J connectivity index is 1.73. The Morgan fingerprint density at radius 1 is 1.39 bits per heavy atom. The Morgan fingerprint density at radius 3 is 2.94 bits per heavy atom. The van der Waals surface area contributed by atoms with Gasteiger partial charge in [-0.15, -0.1) is 0 Å². The van der Waals surface area contributed by atoms with E-state index in [1.54, 1.807) is 12.3 Å². The van der Waals surface area contributed by atoms with Gasteiger partial charge in [-0.3, -0.25) is 4.90 Å². The first-order valence-corrected chi connectivity index (χ1v) is 6.37. The molecule has 6 nitrogen and oxygen atoms in total. The Morgan fingerprint density at radius 2 is 2.22 bits per heavy atom. The van der Waals surface area contributed by atoms with Gasteiger partial charge in [0.15, 0.2) is 0 Å². The van der Waals surface area contributed by atoms with Crippen molar-refractivity contribution in [3.8, 4) is 0 Å². The normalized spacial score (nSPS) is 20.2. The minimum atomic E-state index is -0.333. The molecule has 18 heavy (non-hydrogen) atoms. The first kappa shape index (κ1) is 11.3. The molecule has 6 heteroatoms. The maximum Gasteiger partial charge on any atom is 0.415 e. The van der Waals surface area contributed by atoms with Gasteiger partial charge in [-0.05, 0) is 18.9 Å². The molecule has 1 aliphatic heterocycles. The van der Waals surface area contributed by atoms with Crippen molar-refractivity contribution < 1.29 is 9.53 Å². The van der Waals surface area contributed by atoms with Gasteiger partial charge >= 0.3 is 6.09 Å². The van der Waals surface area contributed by atoms with Gasteiger partial charge < -0.3 is 10.1 Å². The molecule has 1 amide bonds. The minimum absolute atomic E-state index is 0.333. The number of carbonyl (C=O) groups is 1. The number of nitrogens with one attached hydrogen (secondary N) is 1. The number of hydrogen-bond donors (Lipinski definition) is 1. The molecule has 1 saturated carbocycles. The van der Waals surface area contributed by atoms with Gasteiger partial charge in [0.1, 0.15) is 12.4 Å². The molecule has 1 saturated heterocycles. The number of carbonyl (C=O) groups excluding carboxylic acids is 1. The monoisotopic (exact) mass is 248 g/mol. The highest BCUT2D eigenvalue weighted by atomic mass is 16.6. The van der Waals surface area contributed by atoms with Crippen LogP contribution in [-0.4, -0.2) is 35.3 Å². The van der Waals surface area contributed by atoms with Gasteiger partial charge in [0.2, 0.25) is 5.95 Å². The van der Waals surface area contributed by atoms with Crippen LogP contribution >= 0.6 is 0 Å². The molecule has 1 aliphatic carbocycles. The maximum atomic E-state index is 11.5. The Hall–Kier alpha value is -1.85. The molecule has 0 unspecified atom stereocenters. The van der Waals surface area contributed by atoms with Gasteiger partial charge in [-0.1, -0.05) is 12.8 Å². The summed E-state index contributed by atoms with van der Waals surface area (Å²) in [6.07, 6.45) is 6.19. The molecule has 1 aromatic rings. The summed E-state index contributed by atoms with van der Waals surface area (Å²) in [5.74, 6) is 1.20. The van der Waals surface area contributed by atoms with Crippen molar-refractivity contribution in [1.29, 1.82) is 0 Å². The number of nitrogens with zero attached hydrogens (tertiary/aromatic N) is 3. The molecule has 2 aliphatic rings. The lowest BCUT2D eigenvalue weighted by molar-refractivity contribution is 0.181. The van der Waals surface area contributed by atoms with Crippen LogP contribution in [0.4, 0.5) is 16.6 Å². The highest BCUT2D eigenvalue weighted by Gasteiger charge is 2.25. The molecular weight excluding hydrogens is 232 g/mol. The zero-order valence-corrected chi connectivity index (χ0v) is 10.1. The highest BCUT2D eigenvalue weighted by Crippen LogP contribution is 2.22. The van der Waals surface area contributed by atoms with Crippen LogP contribution in [0.1, 0.15) is 25.7 Å². The van der Waals surface area contributed by atoms with E-state index in [-0.39, 0.29) is 6.09 Å². The summed E-state index contributed by atoms with van der Waals surface area (Å²) in [4.78, 5) is 21.6. The van der Waals surface area contributed by atoms with Crippen LogP contribution in [0.3, 0.4) is 0 Å². The molecule has 2 fully saturated rings. The summed E-state index contributed by atoms with van der Waals surface area (Å²) in [6.45, 7) is 0.979. The third-order valence-electron chi connectivity index (χ3n) is 3.37. The number of amides is 1. The minimum Gasteiger partial charge on any atom is -0.447 e. The van der Waals surface area contributed by atoms with Crippen LogP contribution in [0, 0.1) is 0 Å². The zero-order chi connectivity index (χ0) is 12.4. The van der Waals surface area contributed by atoms with Crippen molar-refractivity contribution >= 4 is 17.9 Å². The summed E-state index contributed by atoms with van der Waals surface area (Å²) in [5, 5.41) is 3.32. The van der Waals surface area contributed by atoms with Crippen LogP contribution in [0.25, 0.3) is 0 Å². The Kier molecular flexibility index (Phi) is 3.00. The van der Waals surface area contributed by atoms with E-state index in [4.69, 9.17) is 4.74 Å². The predicted octanol–water partition coefficient (Wildman–Crippen LogP) is 1.79. The van der Waals surface area contributed by atoms with Crippen molar-refractivity contribution in [1.82, 2.24) is 9.97 Å². The number of anilines is 2. The number of ether oxygens (including phenoxy) is 1. The van der Waals surface area contributed by atoms with Crippen LogP contribution in [0.2, 0.25) is 0 Å². The van der Waals surface area contributed by atoms with E-state index >= 15 is 0 Å². The number of cyclic esters (lactones) is 1. The highest BCUT2D eigenvalue weighted by molar-refractivity contribution is 5.88. The summed E-state index contributed by atoms with van der Waals surface area (Å²) < 4.78 is 4.90. The number of hydrogen-bond acceptors (Lipinski definition) is 5. The summed E-state index contributed by atoms with van der Waals surface area (Å²) >= 11 is 0. The van der Waals surface area contributed by atoms with Gasteiger partial charge in [0, 0.05) is 12.2 Å². The molecule has 1 aromatic heterocycles. The molecule has 1 N–H and O–H groups in total. The lowest BCUT2D eigenvalue weighted by atomic mass is 10.2. The third kappa shape index (κ3) is 2.23. The van der Waals surface area contributed by atoms with Crippen LogP contribution in [-0.2, 0) is 4.74 Å². The van der Waals surface area contributed by atoms with E-state index in [9.17, 15) is 4.79 Å².